The smallest absolute Gasteiger partial charge is 0.131 e. The minimum atomic E-state index is 0.126. The summed E-state index contributed by atoms with van der Waals surface area (Å²) in [7, 11) is 0. The number of nitrogens with one attached hydrogen (secondary N) is 1. The van der Waals surface area contributed by atoms with Gasteiger partial charge in [-0.25, -0.2) is 9.97 Å². The van der Waals surface area contributed by atoms with Gasteiger partial charge in [0.05, 0.1) is 5.69 Å². The fourth-order valence-corrected chi connectivity index (χ4v) is 2.82. The molecule has 3 nitrogen and oxygen atoms in total. The van der Waals surface area contributed by atoms with Crippen LogP contribution < -0.4 is 5.32 Å². The molecule has 0 unspecified atom stereocenters. The molecule has 1 aliphatic carbocycles. The van der Waals surface area contributed by atoms with Crippen LogP contribution in [0, 0.1) is 6.92 Å². The molecular formula is C17H29N3. The number of rotatable bonds is 3. The second kappa shape index (κ2) is 6.66. The maximum Gasteiger partial charge on any atom is 0.131 e. The highest BCUT2D eigenvalue weighted by atomic mass is 15.0. The zero-order chi connectivity index (χ0) is 14.6. The van der Waals surface area contributed by atoms with Gasteiger partial charge in [-0.2, -0.15) is 0 Å². The van der Waals surface area contributed by atoms with E-state index in [0.29, 0.717) is 5.92 Å². The van der Waals surface area contributed by atoms with Gasteiger partial charge >= 0.3 is 0 Å². The summed E-state index contributed by atoms with van der Waals surface area (Å²) in [4.78, 5) is 9.53. The minimum absolute atomic E-state index is 0.126. The molecule has 0 aliphatic heterocycles. The standard InChI is InChI=1S/C17H29N3/c1-13-11-15(12-18-17(2,3)4)20-16(19-13)14-9-7-5-6-8-10-14/h11,14,18H,5-10,12H2,1-4H3. The zero-order valence-electron chi connectivity index (χ0n) is 13.5. The van der Waals surface area contributed by atoms with Crippen molar-refractivity contribution < 1.29 is 0 Å². The van der Waals surface area contributed by atoms with Gasteiger partial charge in [-0.1, -0.05) is 25.7 Å². The molecule has 1 N–H and O–H groups in total. The van der Waals surface area contributed by atoms with Gasteiger partial charge in [0.15, 0.2) is 0 Å². The Kier molecular flexibility index (Phi) is 5.14. The first-order valence-electron chi connectivity index (χ1n) is 8.03. The van der Waals surface area contributed by atoms with Gasteiger partial charge in [0.25, 0.3) is 0 Å². The average Bonchev–Trinajstić information content (AvgIpc) is 2.64. The number of aryl methyl sites for hydroxylation is 1. The molecule has 0 aromatic carbocycles. The lowest BCUT2D eigenvalue weighted by Gasteiger charge is -2.21. The maximum atomic E-state index is 4.83. The number of hydrogen-bond acceptors (Lipinski definition) is 3. The number of hydrogen-bond donors (Lipinski definition) is 1. The lowest BCUT2D eigenvalue weighted by atomic mass is 9.99. The van der Waals surface area contributed by atoms with E-state index in [9.17, 15) is 0 Å². The third-order valence-electron chi connectivity index (χ3n) is 3.94. The molecule has 112 valence electrons. The van der Waals surface area contributed by atoms with Crippen molar-refractivity contribution in [2.75, 3.05) is 0 Å². The first kappa shape index (κ1) is 15.4. The van der Waals surface area contributed by atoms with E-state index >= 15 is 0 Å². The van der Waals surface area contributed by atoms with Crippen LogP contribution in [0.5, 0.6) is 0 Å². The Morgan fingerprint density at radius 3 is 2.35 bits per heavy atom. The van der Waals surface area contributed by atoms with Crippen LogP contribution in [0.1, 0.15) is 82.4 Å². The maximum absolute atomic E-state index is 4.83. The van der Waals surface area contributed by atoms with Crippen molar-refractivity contribution >= 4 is 0 Å². The highest BCUT2D eigenvalue weighted by Gasteiger charge is 2.18. The largest absolute Gasteiger partial charge is 0.306 e. The number of nitrogens with zero attached hydrogens (tertiary/aromatic N) is 2. The summed E-state index contributed by atoms with van der Waals surface area (Å²) in [6, 6.07) is 2.11. The lowest BCUT2D eigenvalue weighted by molar-refractivity contribution is 0.419. The Morgan fingerprint density at radius 2 is 1.75 bits per heavy atom. The molecule has 1 saturated carbocycles. The lowest BCUT2D eigenvalue weighted by Crippen LogP contribution is -2.35. The Labute approximate surface area is 123 Å². The molecule has 3 heteroatoms. The molecule has 0 radical (unpaired) electrons. The molecule has 1 fully saturated rings. The molecule has 0 bridgehead atoms. The summed E-state index contributed by atoms with van der Waals surface area (Å²) in [5.41, 5.74) is 2.36. The minimum Gasteiger partial charge on any atom is -0.306 e. The first-order valence-corrected chi connectivity index (χ1v) is 8.03. The quantitative estimate of drug-likeness (QED) is 0.844. The van der Waals surface area contributed by atoms with Crippen LogP contribution in [0.3, 0.4) is 0 Å². The summed E-state index contributed by atoms with van der Waals surface area (Å²) in [6.45, 7) is 9.48. The Balaban J connectivity index is 2.11. The second-order valence-electron chi connectivity index (χ2n) is 7.15. The monoisotopic (exact) mass is 275 g/mol. The van der Waals surface area contributed by atoms with E-state index in [0.717, 1.165) is 23.8 Å². The predicted molar refractivity (Wildman–Crippen MR) is 83.8 cm³/mol. The van der Waals surface area contributed by atoms with Crippen molar-refractivity contribution in [2.45, 2.75) is 84.2 Å². The second-order valence-corrected chi connectivity index (χ2v) is 7.15. The van der Waals surface area contributed by atoms with Gasteiger partial charge in [0.1, 0.15) is 5.82 Å². The third-order valence-corrected chi connectivity index (χ3v) is 3.94. The molecule has 0 atom stereocenters. The van der Waals surface area contributed by atoms with E-state index in [1.54, 1.807) is 0 Å². The Hall–Kier alpha value is -0.960. The summed E-state index contributed by atoms with van der Waals surface area (Å²) >= 11 is 0. The van der Waals surface area contributed by atoms with E-state index in [-0.39, 0.29) is 5.54 Å². The summed E-state index contributed by atoms with van der Waals surface area (Å²) in [5, 5.41) is 3.52. The molecular weight excluding hydrogens is 246 g/mol. The highest BCUT2D eigenvalue weighted by molar-refractivity contribution is 5.12. The van der Waals surface area contributed by atoms with Gasteiger partial charge in [-0.15, -0.1) is 0 Å². The van der Waals surface area contributed by atoms with Crippen molar-refractivity contribution in [1.29, 1.82) is 0 Å². The predicted octanol–water partition coefficient (Wildman–Crippen LogP) is 4.11. The van der Waals surface area contributed by atoms with Crippen molar-refractivity contribution in [1.82, 2.24) is 15.3 Å². The normalized spacial score (nSPS) is 18.0. The van der Waals surface area contributed by atoms with E-state index in [1.165, 1.54) is 38.5 Å². The van der Waals surface area contributed by atoms with Crippen LogP contribution in [-0.4, -0.2) is 15.5 Å². The fourth-order valence-electron chi connectivity index (χ4n) is 2.82. The van der Waals surface area contributed by atoms with Crippen molar-refractivity contribution in [3.8, 4) is 0 Å². The van der Waals surface area contributed by atoms with Gasteiger partial charge in [0.2, 0.25) is 0 Å². The summed E-state index contributed by atoms with van der Waals surface area (Å²) < 4.78 is 0. The summed E-state index contributed by atoms with van der Waals surface area (Å²) in [5.74, 6) is 1.66. The SMILES string of the molecule is Cc1cc(CNC(C)(C)C)nc(C2CCCCCC2)n1. The highest BCUT2D eigenvalue weighted by Crippen LogP contribution is 2.29. The molecule has 0 spiro atoms. The molecule has 1 aromatic rings. The Bertz CT molecular complexity index is 426. The fraction of sp³-hybridized carbons (Fsp3) is 0.765. The van der Waals surface area contributed by atoms with Gasteiger partial charge < -0.3 is 5.32 Å². The number of aromatic nitrogens is 2. The molecule has 0 saturated heterocycles. The topological polar surface area (TPSA) is 37.8 Å². The van der Waals surface area contributed by atoms with E-state index in [4.69, 9.17) is 9.97 Å². The van der Waals surface area contributed by atoms with Crippen LogP contribution in [0.4, 0.5) is 0 Å². The third kappa shape index (κ3) is 4.86. The zero-order valence-corrected chi connectivity index (χ0v) is 13.5. The van der Waals surface area contributed by atoms with Gasteiger partial charge in [-0.05, 0) is 46.6 Å². The van der Waals surface area contributed by atoms with Crippen LogP contribution >= 0.6 is 0 Å². The van der Waals surface area contributed by atoms with E-state index < -0.39 is 0 Å². The molecule has 1 heterocycles. The van der Waals surface area contributed by atoms with Crippen LogP contribution in [0.25, 0.3) is 0 Å². The molecule has 20 heavy (non-hydrogen) atoms. The average molecular weight is 275 g/mol. The molecule has 1 aromatic heterocycles. The van der Waals surface area contributed by atoms with Crippen molar-refractivity contribution in [3.63, 3.8) is 0 Å². The van der Waals surface area contributed by atoms with E-state index in [2.05, 4.69) is 39.1 Å². The van der Waals surface area contributed by atoms with Crippen LogP contribution in [-0.2, 0) is 6.54 Å². The van der Waals surface area contributed by atoms with Gasteiger partial charge in [-0.3, -0.25) is 0 Å². The van der Waals surface area contributed by atoms with Crippen molar-refractivity contribution in [2.24, 2.45) is 0 Å². The van der Waals surface area contributed by atoms with Gasteiger partial charge in [0, 0.05) is 23.7 Å². The molecule has 0 amide bonds. The molecule has 2 rings (SSSR count). The molecule has 1 aliphatic rings. The van der Waals surface area contributed by atoms with Crippen LogP contribution in [0.2, 0.25) is 0 Å². The first-order chi connectivity index (χ1) is 9.44. The summed E-state index contributed by atoms with van der Waals surface area (Å²) in [6.07, 6.45) is 7.93. The van der Waals surface area contributed by atoms with Crippen LogP contribution in [0.15, 0.2) is 6.07 Å². The van der Waals surface area contributed by atoms with Crippen molar-refractivity contribution in [3.05, 3.63) is 23.3 Å². The van der Waals surface area contributed by atoms with E-state index in [1.807, 2.05) is 0 Å². The Morgan fingerprint density at radius 1 is 1.10 bits per heavy atom.